The number of hydrogen-bond acceptors (Lipinski definition) is 10. The number of aryl methyl sites for hydroxylation is 1. The first-order valence-electron chi connectivity index (χ1n) is 10.9. The molecule has 2 amide bonds. The van der Waals surface area contributed by atoms with Gasteiger partial charge in [0.1, 0.15) is 12.4 Å². The lowest BCUT2D eigenvalue weighted by Gasteiger charge is -2.19. The molecule has 2 aliphatic rings. The summed E-state index contributed by atoms with van der Waals surface area (Å²) in [4.78, 5) is 31.3. The molecule has 3 aromatic rings. The summed E-state index contributed by atoms with van der Waals surface area (Å²) in [5.74, 6) is -0.0375. The zero-order chi connectivity index (χ0) is 24.7. The fraction of sp³-hybridized carbons (Fsp3) is 0.304. The van der Waals surface area contributed by atoms with Gasteiger partial charge in [0.05, 0.1) is 19.4 Å². The average molecular weight is 480 g/mol. The summed E-state index contributed by atoms with van der Waals surface area (Å²) in [5.41, 5.74) is 1.20. The molecule has 12 heteroatoms. The molecule has 1 aromatic heterocycles. The van der Waals surface area contributed by atoms with Crippen LogP contribution in [0.3, 0.4) is 0 Å². The minimum Gasteiger partial charge on any atom is -0.493 e. The van der Waals surface area contributed by atoms with Crippen LogP contribution in [0.25, 0.3) is 11.4 Å². The van der Waals surface area contributed by atoms with Crippen LogP contribution in [0.5, 0.6) is 11.5 Å². The van der Waals surface area contributed by atoms with Crippen LogP contribution < -0.4 is 14.4 Å². The van der Waals surface area contributed by atoms with E-state index in [4.69, 9.17) is 14.0 Å². The standard InChI is InChI=1S/C23H21FN6O5/c1-4-34-16-8-6-13(9-17(16)33-3)21-25-18(35-27-21)11-29-20-19(26-28-29)22(31)30(23(20)32)14-7-5-12(2)15(24)10-14/h5-10,19-20H,4,11H2,1-3H3/t19-,20+/m1/s1. The van der Waals surface area contributed by atoms with E-state index in [9.17, 15) is 14.0 Å². The third kappa shape index (κ3) is 3.86. The fourth-order valence-corrected chi connectivity index (χ4v) is 3.99. The molecular formula is C23H21FN6O5. The normalized spacial score (nSPS) is 19.0. The number of imide groups is 1. The van der Waals surface area contributed by atoms with Gasteiger partial charge < -0.3 is 14.0 Å². The first-order chi connectivity index (χ1) is 16.9. The number of anilines is 1. The van der Waals surface area contributed by atoms with E-state index in [-0.39, 0.29) is 18.1 Å². The van der Waals surface area contributed by atoms with Crippen molar-refractivity contribution >= 4 is 17.5 Å². The Morgan fingerprint density at radius 2 is 1.94 bits per heavy atom. The molecule has 2 aliphatic heterocycles. The molecule has 1 saturated heterocycles. The van der Waals surface area contributed by atoms with Gasteiger partial charge >= 0.3 is 0 Å². The maximum Gasteiger partial charge on any atom is 0.263 e. The maximum absolute atomic E-state index is 14.0. The molecule has 0 N–H and O–H groups in total. The Balaban J connectivity index is 1.34. The predicted molar refractivity (Wildman–Crippen MR) is 119 cm³/mol. The monoisotopic (exact) mass is 480 g/mol. The van der Waals surface area contributed by atoms with E-state index in [1.54, 1.807) is 25.1 Å². The van der Waals surface area contributed by atoms with E-state index in [0.29, 0.717) is 35.1 Å². The number of aromatic nitrogens is 2. The number of rotatable bonds is 7. The van der Waals surface area contributed by atoms with Crippen LogP contribution in [-0.4, -0.2) is 52.8 Å². The number of halogens is 1. The maximum atomic E-state index is 14.0. The lowest BCUT2D eigenvalue weighted by atomic mass is 10.1. The first-order valence-corrected chi connectivity index (χ1v) is 10.9. The zero-order valence-corrected chi connectivity index (χ0v) is 19.1. The molecule has 0 unspecified atom stereocenters. The molecule has 0 saturated carbocycles. The number of ether oxygens (including phenoxy) is 2. The third-order valence-electron chi connectivity index (χ3n) is 5.76. The number of benzene rings is 2. The minimum atomic E-state index is -1.02. The predicted octanol–water partition coefficient (Wildman–Crippen LogP) is 3.08. The molecule has 180 valence electrons. The highest BCUT2D eigenvalue weighted by molar-refractivity contribution is 6.25. The van der Waals surface area contributed by atoms with Crippen LogP contribution in [0.2, 0.25) is 0 Å². The van der Waals surface area contributed by atoms with Crippen molar-refractivity contribution < 1.29 is 28.0 Å². The molecule has 2 aromatic carbocycles. The number of amides is 2. The van der Waals surface area contributed by atoms with Crippen LogP contribution in [0.4, 0.5) is 10.1 Å². The van der Waals surface area contributed by atoms with E-state index in [1.807, 2.05) is 6.92 Å². The van der Waals surface area contributed by atoms with Crippen molar-refractivity contribution in [3.8, 4) is 22.9 Å². The van der Waals surface area contributed by atoms with E-state index >= 15 is 0 Å². The molecule has 0 radical (unpaired) electrons. The number of hydrogen-bond donors (Lipinski definition) is 0. The molecule has 1 fully saturated rings. The Bertz CT molecular complexity index is 1340. The van der Waals surface area contributed by atoms with Gasteiger partial charge in [0.25, 0.3) is 11.8 Å². The van der Waals surface area contributed by atoms with E-state index in [2.05, 4.69) is 20.5 Å². The Labute approximate surface area is 199 Å². The largest absolute Gasteiger partial charge is 0.493 e. The van der Waals surface area contributed by atoms with E-state index in [1.165, 1.54) is 24.3 Å². The van der Waals surface area contributed by atoms with Crippen molar-refractivity contribution in [3.05, 3.63) is 53.7 Å². The van der Waals surface area contributed by atoms with Crippen LogP contribution >= 0.6 is 0 Å². The molecule has 35 heavy (non-hydrogen) atoms. The van der Waals surface area contributed by atoms with Crippen LogP contribution in [0.15, 0.2) is 51.3 Å². The second-order valence-corrected chi connectivity index (χ2v) is 7.95. The molecule has 0 spiro atoms. The topological polar surface area (TPSA) is 123 Å². The second kappa shape index (κ2) is 8.78. The quantitative estimate of drug-likeness (QED) is 0.473. The van der Waals surface area contributed by atoms with Crippen molar-refractivity contribution in [2.45, 2.75) is 32.5 Å². The lowest BCUT2D eigenvalue weighted by Crippen LogP contribution is -2.39. The molecule has 3 heterocycles. The Kier molecular flexibility index (Phi) is 5.63. The second-order valence-electron chi connectivity index (χ2n) is 7.95. The van der Waals surface area contributed by atoms with Crippen LogP contribution in [0.1, 0.15) is 18.4 Å². The molecule has 11 nitrogen and oxygen atoms in total. The number of carbonyl (C=O) groups excluding carboxylic acids is 2. The highest BCUT2D eigenvalue weighted by atomic mass is 19.1. The summed E-state index contributed by atoms with van der Waals surface area (Å²) in [6.45, 7) is 3.92. The molecule has 0 bridgehead atoms. The van der Waals surface area contributed by atoms with Crippen molar-refractivity contribution in [2.24, 2.45) is 10.3 Å². The van der Waals surface area contributed by atoms with Gasteiger partial charge in [-0.15, -0.1) is 0 Å². The summed E-state index contributed by atoms with van der Waals surface area (Å²) in [7, 11) is 1.53. The van der Waals surface area contributed by atoms with Crippen molar-refractivity contribution in [3.63, 3.8) is 0 Å². The zero-order valence-electron chi connectivity index (χ0n) is 19.1. The van der Waals surface area contributed by atoms with E-state index in [0.717, 1.165) is 11.0 Å². The highest BCUT2D eigenvalue weighted by Gasteiger charge is 2.55. The number of fused-ring (bicyclic) bond motifs is 1. The van der Waals surface area contributed by atoms with Gasteiger partial charge in [-0.1, -0.05) is 16.4 Å². The van der Waals surface area contributed by atoms with Gasteiger partial charge in [-0.2, -0.15) is 10.1 Å². The highest BCUT2D eigenvalue weighted by Crippen LogP contribution is 2.34. The smallest absolute Gasteiger partial charge is 0.263 e. The number of carbonyl (C=O) groups is 2. The van der Waals surface area contributed by atoms with Gasteiger partial charge in [0.15, 0.2) is 23.6 Å². The number of methoxy groups -OCH3 is 1. The molecular weight excluding hydrogens is 459 g/mol. The SMILES string of the molecule is CCOc1ccc(-c2noc(CN3N=N[C@H]4C(=O)N(c5ccc(C)c(F)c5)C(=O)[C@H]43)n2)cc1OC. The summed E-state index contributed by atoms with van der Waals surface area (Å²) in [5, 5.41) is 13.3. The summed E-state index contributed by atoms with van der Waals surface area (Å²) in [6.07, 6.45) is 0. The summed E-state index contributed by atoms with van der Waals surface area (Å²) in [6, 6.07) is 7.42. The van der Waals surface area contributed by atoms with Gasteiger partial charge in [0, 0.05) is 5.56 Å². The Morgan fingerprint density at radius 1 is 1.11 bits per heavy atom. The van der Waals surface area contributed by atoms with Crippen LogP contribution in [-0.2, 0) is 16.1 Å². The van der Waals surface area contributed by atoms with Crippen LogP contribution in [0, 0.1) is 12.7 Å². The molecule has 2 atom stereocenters. The van der Waals surface area contributed by atoms with Gasteiger partial charge in [-0.3, -0.25) is 14.6 Å². The Hall–Kier alpha value is -4.35. The first kappa shape index (κ1) is 22.4. The van der Waals surface area contributed by atoms with Gasteiger partial charge in [-0.05, 0) is 49.7 Å². The molecule has 5 rings (SSSR count). The lowest BCUT2D eigenvalue weighted by molar-refractivity contribution is -0.123. The fourth-order valence-electron chi connectivity index (χ4n) is 3.99. The van der Waals surface area contributed by atoms with Gasteiger partial charge in [0.2, 0.25) is 11.7 Å². The Morgan fingerprint density at radius 3 is 2.69 bits per heavy atom. The van der Waals surface area contributed by atoms with Crippen molar-refractivity contribution in [1.82, 2.24) is 15.1 Å². The summed E-state index contributed by atoms with van der Waals surface area (Å²) < 4.78 is 30.3. The van der Waals surface area contributed by atoms with E-state index < -0.39 is 29.7 Å². The van der Waals surface area contributed by atoms with Gasteiger partial charge in [-0.25, -0.2) is 9.29 Å². The average Bonchev–Trinajstić information content (AvgIpc) is 3.54. The van der Waals surface area contributed by atoms with Crippen molar-refractivity contribution in [2.75, 3.05) is 18.6 Å². The summed E-state index contributed by atoms with van der Waals surface area (Å²) >= 11 is 0. The minimum absolute atomic E-state index is 0.0407. The van der Waals surface area contributed by atoms with Crippen molar-refractivity contribution in [1.29, 1.82) is 0 Å². The molecule has 0 aliphatic carbocycles. The third-order valence-corrected chi connectivity index (χ3v) is 5.76. The number of nitrogens with zero attached hydrogens (tertiary/aromatic N) is 6.